The third kappa shape index (κ3) is 3.85. The van der Waals surface area contributed by atoms with Crippen molar-refractivity contribution in [1.29, 1.82) is 0 Å². The van der Waals surface area contributed by atoms with Crippen LogP contribution in [-0.4, -0.2) is 45.8 Å². The van der Waals surface area contributed by atoms with Gasteiger partial charge in [0.15, 0.2) is 0 Å². The topological polar surface area (TPSA) is 145 Å². The summed E-state index contributed by atoms with van der Waals surface area (Å²) in [5, 5.41) is 16.1. The molecule has 10 heteroatoms. The van der Waals surface area contributed by atoms with E-state index in [-0.39, 0.29) is 18.5 Å². The third-order valence-electron chi connectivity index (χ3n) is 4.48. The van der Waals surface area contributed by atoms with Gasteiger partial charge in [-0.1, -0.05) is 12.1 Å². The lowest BCUT2D eigenvalue weighted by Gasteiger charge is -2.28. The van der Waals surface area contributed by atoms with Crippen molar-refractivity contribution in [2.24, 2.45) is 0 Å². The average Bonchev–Trinajstić information content (AvgIpc) is 2.89. The summed E-state index contributed by atoms with van der Waals surface area (Å²) in [6, 6.07) is 5.20. The molecule has 0 radical (unpaired) electrons. The van der Waals surface area contributed by atoms with E-state index in [1.807, 2.05) is 0 Å². The minimum atomic E-state index is -1.16. The Hall–Kier alpha value is -3.69. The van der Waals surface area contributed by atoms with E-state index in [0.717, 1.165) is 11.0 Å². The van der Waals surface area contributed by atoms with E-state index in [2.05, 4.69) is 16.0 Å². The van der Waals surface area contributed by atoms with Crippen molar-refractivity contribution in [3.05, 3.63) is 41.6 Å². The van der Waals surface area contributed by atoms with Gasteiger partial charge in [-0.05, 0) is 31.0 Å². The number of amides is 5. The molecule has 2 atom stereocenters. The van der Waals surface area contributed by atoms with Gasteiger partial charge in [0, 0.05) is 18.2 Å². The molecule has 1 fully saturated rings. The number of benzene rings is 1. The number of carbonyl (C=O) groups is 5. The Bertz CT molecular complexity index is 909. The maximum Gasteiger partial charge on any atom is 0.405 e. The second-order valence-electron chi connectivity index (χ2n) is 6.46. The summed E-state index contributed by atoms with van der Waals surface area (Å²) >= 11 is 0. The second-order valence-corrected chi connectivity index (χ2v) is 6.46. The summed E-state index contributed by atoms with van der Waals surface area (Å²) < 4.78 is 0. The van der Waals surface area contributed by atoms with Crippen LogP contribution >= 0.6 is 0 Å². The number of carbonyl (C=O) groups excluding carboxylic acids is 4. The molecule has 0 bridgehead atoms. The second kappa shape index (κ2) is 7.51. The zero-order chi connectivity index (χ0) is 20.4. The van der Waals surface area contributed by atoms with Gasteiger partial charge in [-0.15, -0.1) is 0 Å². The SMILES string of the molecule is CC(NC(=O)O)c1cccc(NC2=CC(=O)N(C3CCC(=O)NC3=O)C2=O)c1. The fraction of sp³-hybridized carbons (Fsp3) is 0.278. The first kappa shape index (κ1) is 19.1. The number of piperidine rings is 1. The monoisotopic (exact) mass is 386 g/mol. The van der Waals surface area contributed by atoms with Gasteiger partial charge in [-0.2, -0.15) is 0 Å². The summed E-state index contributed by atoms with van der Waals surface area (Å²) in [6.07, 6.45) is 0.0617. The fourth-order valence-electron chi connectivity index (χ4n) is 3.11. The van der Waals surface area contributed by atoms with Crippen molar-refractivity contribution in [2.75, 3.05) is 5.32 Å². The Kier molecular flexibility index (Phi) is 5.12. The number of nitrogens with one attached hydrogen (secondary N) is 3. The van der Waals surface area contributed by atoms with Crippen LogP contribution in [-0.2, 0) is 19.2 Å². The number of hydrogen-bond acceptors (Lipinski definition) is 6. The van der Waals surface area contributed by atoms with Crippen molar-refractivity contribution in [3.63, 3.8) is 0 Å². The summed E-state index contributed by atoms with van der Waals surface area (Å²) in [6.45, 7) is 1.67. The number of rotatable bonds is 5. The number of anilines is 1. The van der Waals surface area contributed by atoms with E-state index in [4.69, 9.17) is 5.11 Å². The molecule has 146 valence electrons. The lowest BCUT2D eigenvalue weighted by molar-refractivity contribution is -0.149. The molecule has 5 amide bonds. The smallest absolute Gasteiger partial charge is 0.405 e. The molecular weight excluding hydrogens is 368 g/mol. The zero-order valence-electron chi connectivity index (χ0n) is 14.9. The molecular formula is C18H18N4O6. The van der Waals surface area contributed by atoms with E-state index in [0.29, 0.717) is 11.3 Å². The molecule has 3 rings (SSSR count). The summed E-state index contributed by atoms with van der Waals surface area (Å²) in [4.78, 5) is 59.8. The quantitative estimate of drug-likeness (QED) is 0.539. The maximum atomic E-state index is 12.6. The molecule has 0 saturated carbocycles. The van der Waals surface area contributed by atoms with Gasteiger partial charge in [0.05, 0.1) is 6.04 Å². The number of carboxylic acid groups (broad SMARTS) is 1. The van der Waals surface area contributed by atoms with Crippen LogP contribution < -0.4 is 16.0 Å². The summed E-state index contributed by atoms with van der Waals surface area (Å²) in [5.41, 5.74) is 1.13. The minimum absolute atomic E-state index is 0.00861. The van der Waals surface area contributed by atoms with Crippen LogP contribution in [0.15, 0.2) is 36.0 Å². The lowest BCUT2D eigenvalue weighted by Crippen LogP contribution is -2.54. The number of hydrogen-bond donors (Lipinski definition) is 4. The lowest BCUT2D eigenvalue weighted by atomic mass is 10.0. The zero-order valence-corrected chi connectivity index (χ0v) is 14.9. The van der Waals surface area contributed by atoms with E-state index < -0.39 is 41.8 Å². The highest BCUT2D eigenvalue weighted by molar-refractivity contribution is 6.20. The largest absolute Gasteiger partial charge is 0.465 e. The maximum absolute atomic E-state index is 12.6. The van der Waals surface area contributed by atoms with Crippen LogP contribution in [0.3, 0.4) is 0 Å². The van der Waals surface area contributed by atoms with Crippen LogP contribution in [0.25, 0.3) is 0 Å². The Morgan fingerprint density at radius 2 is 2.04 bits per heavy atom. The molecule has 0 aromatic heterocycles. The minimum Gasteiger partial charge on any atom is -0.465 e. The Morgan fingerprint density at radius 1 is 1.29 bits per heavy atom. The molecule has 1 aromatic carbocycles. The van der Waals surface area contributed by atoms with E-state index in [1.54, 1.807) is 31.2 Å². The third-order valence-corrected chi connectivity index (χ3v) is 4.48. The Labute approximate surface area is 159 Å². The van der Waals surface area contributed by atoms with Gasteiger partial charge in [0.25, 0.3) is 11.8 Å². The summed E-state index contributed by atoms with van der Waals surface area (Å²) in [7, 11) is 0. The first-order chi connectivity index (χ1) is 13.3. The number of nitrogens with zero attached hydrogens (tertiary/aromatic N) is 1. The van der Waals surface area contributed by atoms with E-state index in [1.165, 1.54) is 0 Å². The summed E-state index contributed by atoms with van der Waals surface area (Å²) in [5.74, 6) is -2.42. The molecule has 10 nitrogen and oxygen atoms in total. The van der Waals surface area contributed by atoms with Crippen molar-refractivity contribution in [1.82, 2.24) is 15.5 Å². The molecule has 0 aliphatic carbocycles. The van der Waals surface area contributed by atoms with E-state index in [9.17, 15) is 24.0 Å². The molecule has 2 heterocycles. The van der Waals surface area contributed by atoms with Gasteiger partial charge in [0.2, 0.25) is 11.8 Å². The van der Waals surface area contributed by atoms with Crippen LogP contribution in [0.2, 0.25) is 0 Å². The predicted molar refractivity (Wildman–Crippen MR) is 95.7 cm³/mol. The molecule has 4 N–H and O–H groups in total. The van der Waals surface area contributed by atoms with E-state index >= 15 is 0 Å². The van der Waals surface area contributed by atoms with Gasteiger partial charge in [0.1, 0.15) is 11.7 Å². The molecule has 2 unspecified atom stereocenters. The van der Waals surface area contributed by atoms with Crippen LogP contribution in [0.4, 0.5) is 10.5 Å². The highest BCUT2D eigenvalue weighted by Gasteiger charge is 2.42. The highest BCUT2D eigenvalue weighted by Crippen LogP contribution is 2.24. The van der Waals surface area contributed by atoms with Crippen LogP contribution in [0.5, 0.6) is 0 Å². The standard InChI is InChI=1S/C18H18N4O6/c1-9(19-18(27)28)10-3-2-4-11(7-10)20-12-8-15(24)22(17(12)26)13-5-6-14(23)21-16(13)25/h2-4,7-9,13,19-20H,5-6H2,1H3,(H,27,28)(H,21,23,25). The van der Waals surface area contributed by atoms with Gasteiger partial charge in [-0.3, -0.25) is 29.4 Å². The van der Waals surface area contributed by atoms with Crippen molar-refractivity contribution in [3.8, 4) is 0 Å². The van der Waals surface area contributed by atoms with Gasteiger partial charge >= 0.3 is 6.09 Å². The van der Waals surface area contributed by atoms with Crippen LogP contribution in [0.1, 0.15) is 31.4 Å². The Balaban J connectivity index is 1.74. The Morgan fingerprint density at radius 3 is 2.71 bits per heavy atom. The highest BCUT2D eigenvalue weighted by atomic mass is 16.4. The van der Waals surface area contributed by atoms with Gasteiger partial charge < -0.3 is 15.7 Å². The molecule has 0 spiro atoms. The molecule has 1 aromatic rings. The predicted octanol–water partition coefficient (Wildman–Crippen LogP) is 0.485. The number of imide groups is 2. The molecule has 2 aliphatic heterocycles. The van der Waals surface area contributed by atoms with Crippen molar-refractivity contribution >= 4 is 35.4 Å². The normalized spacial score (nSPS) is 20.5. The average molecular weight is 386 g/mol. The molecule has 1 saturated heterocycles. The fourth-order valence-corrected chi connectivity index (χ4v) is 3.11. The first-order valence-corrected chi connectivity index (χ1v) is 8.55. The molecule has 2 aliphatic rings. The van der Waals surface area contributed by atoms with Crippen molar-refractivity contribution in [2.45, 2.75) is 31.8 Å². The van der Waals surface area contributed by atoms with Crippen LogP contribution in [0, 0.1) is 0 Å². The molecule has 28 heavy (non-hydrogen) atoms. The van der Waals surface area contributed by atoms with Crippen molar-refractivity contribution < 1.29 is 29.1 Å². The van der Waals surface area contributed by atoms with Gasteiger partial charge in [-0.25, -0.2) is 4.79 Å². The first-order valence-electron chi connectivity index (χ1n) is 8.55.